The van der Waals surface area contributed by atoms with Gasteiger partial charge in [0, 0.05) is 23.5 Å². The van der Waals surface area contributed by atoms with E-state index in [1.807, 2.05) is 5.32 Å². The van der Waals surface area contributed by atoms with Crippen LogP contribution in [0.1, 0.15) is 44.6 Å². The molecule has 0 saturated carbocycles. The van der Waals surface area contributed by atoms with Crippen molar-refractivity contribution in [3.8, 4) is 0 Å². The maximum atomic E-state index is 13.9. The van der Waals surface area contributed by atoms with Gasteiger partial charge in [0.2, 0.25) is 41.4 Å². The van der Waals surface area contributed by atoms with Gasteiger partial charge in [0.05, 0.1) is 38.1 Å². The molecule has 7 amide bonds. The summed E-state index contributed by atoms with van der Waals surface area (Å²) in [6.07, 6.45) is -4.61. The van der Waals surface area contributed by atoms with Crippen LogP contribution in [0.2, 0.25) is 0 Å². The van der Waals surface area contributed by atoms with Crippen molar-refractivity contribution in [3.05, 3.63) is 36.0 Å². The van der Waals surface area contributed by atoms with Crippen LogP contribution in [0.3, 0.4) is 0 Å². The number of aromatic amines is 1. The molecule has 0 fully saturated rings. The molecule has 1 aromatic heterocycles. The fraction of sp³-hybridized carbons (Fsp3) is 0.412. The third-order valence-corrected chi connectivity index (χ3v) is 8.21. The molecule has 0 spiro atoms. The minimum absolute atomic E-state index is 0.341. The van der Waals surface area contributed by atoms with Crippen molar-refractivity contribution in [2.24, 2.45) is 11.5 Å². The quantitative estimate of drug-likeness (QED) is 0.0444. The second-order valence-corrected chi connectivity index (χ2v) is 13.1. The summed E-state index contributed by atoms with van der Waals surface area (Å²) < 4.78 is 0. The van der Waals surface area contributed by atoms with E-state index in [1.165, 1.54) is 13.1 Å². The van der Waals surface area contributed by atoms with Gasteiger partial charge in [0.25, 0.3) is 0 Å². The van der Waals surface area contributed by atoms with Gasteiger partial charge in [-0.15, -0.1) is 0 Å². The number of H-pyrrole nitrogens is 1. The van der Waals surface area contributed by atoms with Gasteiger partial charge >= 0.3 is 29.8 Å². The van der Waals surface area contributed by atoms with E-state index in [2.05, 4.69) is 26.3 Å². The van der Waals surface area contributed by atoms with E-state index < -0.39 is 152 Å². The van der Waals surface area contributed by atoms with E-state index in [0.717, 1.165) is 0 Å². The highest BCUT2D eigenvalue weighted by Gasteiger charge is 2.36. The van der Waals surface area contributed by atoms with E-state index >= 15 is 0 Å². The Balaban J connectivity index is 2.51. The summed E-state index contributed by atoms with van der Waals surface area (Å²) in [6, 6.07) is -6.62. The predicted octanol–water partition coefficient (Wildman–Crippen LogP) is -5.17. The van der Waals surface area contributed by atoms with Gasteiger partial charge in [-0.1, -0.05) is 18.2 Å². The van der Waals surface area contributed by atoms with E-state index in [4.69, 9.17) is 16.6 Å². The Morgan fingerprint density at radius 2 is 0.883 bits per heavy atom. The lowest BCUT2D eigenvalue weighted by Crippen LogP contribution is -2.61. The first-order valence-electron chi connectivity index (χ1n) is 17.5. The fourth-order valence-electron chi connectivity index (χ4n) is 5.33. The summed E-state index contributed by atoms with van der Waals surface area (Å²) in [6.45, 7) is 1.23. The topological polar surface area (TPSA) is 446 Å². The number of aliphatic carboxylic acids is 5. The highest BCUT2D eigenvalue weighted by atomic mass is 16.4. The Labute approximate surface area is 337 Å². The van der Waals surface area contributed by atoms with Crippen LogP contribution < -0.4 is 43.4 Å². The Bertz CT molecular complexity index is 2020. The largest absolute Gasteiger partial charge is 0.481 e. The molecular weight excluding hydrogens is 806 g/mol. The van der Waals surface area contributed by atoms with Crippen molar-refractivity contribution >= 4 is 82.1 Å². The second-order valence-electron chi connectivity index (χ2n) is 13.1. The Morgan fingerprint density at radius 3 is 1.28 bits per heavy atom. The number of hydrogen-bond donors (Lipinski definition) is 14. The number of primary amides is 1. The molecule has 2 rings (SSSR count). The predicted molar refractivity (Wildman–Crippen MR) is 198 cm³/mol. The van der Waals surface area contributed by atoms with Gasteiger partial charge in [-0.25, -0.2) is 4.79 Å². The zero-order valence-corrected chi connectivity index (χ0v) is 31.5. The lowest BCUT2D eigenvalue weighted by Gasteiger charge is -2.26. The second kappa shape index (κ2) is 22.3. The van der Waals surface area contributed by atoms with Crippen LogP contribution in [0, 0.1) is 0 Å². The first-order valence-corrected chi connectivity index (χ1v) is 17.5. The molecule has 16 N–H and O–H groups in total. The molecule has 0 aliphatic carbocycles. The molecule has 60 heavy (non-hydrogen) atoms. The first-order chi connectivity index (χ1) is 28.0. The third-order valence-electron chi connectivity index (χ3n) is 8.21. The van der Waals surface area contributed by atoms with Gasteiger partial charge in [0.15, 0.2) is 0 Å². The number of benzene rings is 1. The molecule has 26 heteroatoms. The number of para-hydroxylation sites is 1. The molecule has 7 atom stereocenters. The third kappa shape index (κ3) is 15.7. The average Bonchev–Trinajstić information content (AvgIpc) is 3.54. The summed E-state index contributed by atoms with van der Waals surface area (Å²) >= 11 is 0. The lowest BCUT2D eigenvalue weighted by atomic mass is 10.0. The molecule has 0 radical (unpaired) electrons. The normalized spacial score (nSPS) is 14.3. The van der Waals surface area contributed by atoms with Crippen molar-refractivity contribution in [2.45, 2.75) is 87.7 Å². The van der Waals surface area contributed by atoms with Gasteiger partial charge < -0.3 is 73.9 Å². The van der Waals surface area contributed by atoms with E-state index in [9.17, 15) is 78.0 Å². The molecule has 0 aliphatic heterocycles. The van der Waals surface area contributed by atoms with Crippen LogP contribution in [-0.4, -0.2) is 144 Å². The standard InChI is InChI=1S/C34H43N9O17/c1-13(35)28(53)38-19(8-24(45)46)31(56)40-18(7-23(36)44)30(55)39-17(6-14-12-37-16-5-3-2-4-15(14)16)29(54)41-20(9-25(47)48)32(57)42-21(10-26(49)50)33(58)43-22(34(59)60)11-27(51)52/h2-5,12-13,17-22,37H,6-11,35H2,1H3,(H2,36,44)(H,38,53)(H,39,55)(H,40,56)(H,41,54)(H,42,57)(H,43,58)(H,45,46)(H,47,48)(H,49,50)(H,51,52)(H,59,60)/t13-,17-,18-,19-,20-,21-,22-/m0/s1. The van der Waals surface area contributed by atoms with Crippen molar-refractivity contribution in [1.82, 2.24) is 36.9 Å². The minimum atomic E-state index is -2.15. The number of nitrogens with one attached hydrogen (secondary N) is 7. The average molecular weight is 850 g/mol. The number of carboxylic acids is 5. The van der Waals surface area contributed by atoms with Gasteiger partial charge in [-0.05, 0) is 18.6 Å². The molecule has 0 unspecified atom stereocenters. The van der Waals surface area contributed by atoms with Crippen molar-refractivity contribution in [2.75, 3.05) is 0 Å². The molecule has 1 heterocycles. The zero-order chi connectivity index (χ0) is 45.4. The van der Waals surface area contributed by atoms with Gasteiger partial charge in [-0.3, -0.25) is 52.7 Å². The van der Waals surface area contributed by atoms with Gasteiger partial charge in [0.1, 0.15) is 36.3 Å². The number of fused-ring (bicyclic) bond motifs is 1. The smallest absolute Gasteiger partial charge is 0.326 e. The van der Waals surface area contributed by atoms with Gasteiger partial charge in [-0.2, -0.15) is 0 Å². The van der Waals surface area contributed by atoms with E-state index in [0.29, 0.717) is 16.5 Å². The van der Waals surface area contributed by atoms with Crippen LogP contribution in [0.4, 0.5) is 0 Å². The number of amides is 7. The molecule has 2 aromatic rings. The van der Waals surface area contributed by atoms with Crippen molar-refractivity contribution < 1.29 is 83.1 Å². The van der Waals surface area contributed by atoms with Crippen LogP contribution in [0.15, 0.2) is 30.5 Å². The Morgan fingerprint density at radius 1 is 0.533 bits per heavy atom. The monoisotopic (exact) mass is 849 g/mol. The Kier molecular flexibility index (Phi) is 18.1. The molecule has 1 aromatic carbocycles. The number of nitrogens with two attached hydrogens (primary N) is 2. The number of carbonyl (C=O) groups excluding carboxylic acids is 7. The number of rotatable bonds is 25. The summed E-state index contributed by atoms with van der Waals surface area (Å²) in [5.41, 5.74) is 11.7. The van der Waals surface area contributed by atoms with E-state index in [-0.39, 0.29) is 0 Å². The number of carbonyl (C=O) groups is 12. The molecule has 0 saturated heterocycles. The van der Waals surface area contributed by atoms with Crippen molar-refractivity contribution in [3.63, 3.8) is 0 Å². The summed E-state index contributed by atoms with van der Waals surface area (Å²) in [7, 11) is 0. The summed E-state index contributed by atoms with van der Waals surface area (Å²) in [4.78, 5) is 152. The minimum Gasteiger partial charge on any atom is -0.481 e. The SMILES string of the molecule is C[C@H](N)C(=O)N[C@@H](CC(=O)O)C(=O)N[C@@H](CC(N)=O)C(=O)N[C@@H](Cc1c[nH]c2ccccc12)C(=O)N[C@@H](CC(=O)O)C(=O)N[C@@H](CC(=O)O)C(=O)N[C@@H](CC(=O)O)C(=O)O. The maximum absolute atomic E-state index is 13.9. The van der Waals surface area contributed by atoms with Crippen LogP contribution >= 0.6 is 0 Å². The lowest BCUT2D eigenvalue weighted by molar-refractivity contribution is -0.148. The molecule has 0 aliphatic rings. The van der Waals surface area contributed by atoms with E-state index in [1.54, 1.807) is 29.6 Å². The Hall–Kier alpha value is -7.64. The van der Waals surface area contributed by atoms with Crippen LogP contribution in [-0.2, 0) is 64.0 Å². The maximum Gasteiger partial charge on any atom is 0.326 e. The van der Waals surface area contributed by atoms with Crippen molar-refractivity contribution in [1.29, 1.82) is 0 Å². The highest BCUT2D eigenvalue weighted by molar-refractivity contribution is 6.00. The number of hydrogen-bond acceptors (Lipinski definition) is 13. The fourth-order valence-corrected chi connectivity index (χ4v) is 5.33. The highest BCUT2D eigenvalue weighted by Crippen LogP contribution is 2.19. The molecular formula is C34H43N9O17. The number of aromatic nitrogens is 1. The number of carboxylic acid groups (broad SMARTS) is 5. The summed E-state index contributed by atoms with van der Waals surface area (Å²) in [5, 5.41) is 59.2. The zero-order valence-electron chi connectivity index (χ0n) is 31.5. The first kappa shape index (κ1) is 48.5. The molecule has 0 bridgehead atoms. The molecule has 26 nitrogen and oxygen atoms in total. The van der Waals surface area contributed by atoms with Crippen LogP contribution in [0.5, 0.6) is 0 Å². The van der Waals surface area contributed by atoms with Crippen LogP contribution in [0.25, 0.3) is 10.9 Å². The summed E-state index contributed by atoms with van der Waals surface area (Å²) in [5.74, 6) is -17.6. The molecule has 326 valence electrons.